The SMILES string of the molecule is ClC1(Cl)CC1C(Sc1nc2ccccc2o1)c1ccccc1. The summed E-state index contributed by atoms with van der Waals surface area (Å²) in [5, 5.41) is 0.801. The number of nitrogens with zero attached hydrogens (tertiary/aromatic N) is 1. The van der Waals surface area contributed by atoms with Gasteiger partial charge in [0.25, 0.3) is 5.22 Å². The Morgan fingerprint density at radius 2 is 1.77 bits per heavy atom. The monoisotopic (exact) mass is 349 g/mol. The average molecular weight is 350 g/mol. The van der Waals surface area contributed by atoms with E-state index in [-0.39, 0.29) is 11.2 Å². The summed E-state index contributed by atoms with van der Waals surface area (Å²) >= 11 is 14.2. The number of para-hydroxylation sites is 2. The quantitative estimate of drug-likeness (QED) is 0.436. The van der Waals surface area contributed by atoms with Crippen molar-refractivity contribution in [3.8, 4) is 0 Å². The summed E-state index contributed by atoms with van der Waals surface area (Å²) in [6.07, 6.45) is 0.795. The summed E-state index contributed by atoms with van der Waals surface area (Å²) in [6.45, 7) is 0. The fourth-order valence-electron chi connectivity index (χ4n) is 2.60. The van der Waals surface area contributed by atoms with E-state index in [0.717, 1.165) is 17.5 Å². The number of rotatable bonds is 4. The van der Waals surface area contributed by atoms with E-state index in [9.17, 15) is 0 Å². The van der Waals surface area contributed by atoms with Gasteiger partial charge in [-0.25, -0.2) is 4.98 Å². The molecule has 1 aromatic heterocycles. The Morgan fingerprint density at radius 1 is 1.09 bits per heavy atom. The van der Waals surface area contributed by atoms with Crippen LogP contribution < -0.4 is 0 Å². The predicted octanol–water partition coefficient (Wildman–Crippen LogP) is 5.86. The largest absolute Gasteiger partial charge is 0.431 e. The molecule has 1 fully saturated rings. The lowest BCUT2D eigenvalue weighted by atomic mass is 10.1. The van der Waals surface area contributed by atoms with Crippen molar-refractivity contribution in [3.63, 3.8) is 0 Å². The molecule has 2 nitrogen and oxygen atoms in total. The first-order valence-electron chi connectivity index (χ1n) is 7.08. The minimum Gasteiger partial charge on any atom is -0.431 e. The van der Waals surface area contributed by atoms with Gasteiger partial charge in [0.15, 0.2) is 5.58 Å². The van der Waals surface area contributed by atoms with Gasteiger partial charge in [0.05, 0.1) is 0 Å². The zero-order valence-corrected chi connectivity index (χ0v) is 13.9. The van der Waals surface area contributed by atoms with E-state index >= 15 is 0 Å². The molecule has 0 aliphatic heterocycles. The van der Waals surface area contributed by atoms with Crippen molar-refractivity contribution in [1.82, 2.24) is 4.98 Å². The van der Waals surface area contributed by atoms with Crippen molar-refractivity contribution in [1.29, 1.82) is 0 Å². The number of alkyl halides is 2. The van der Waals surface area contributed by atoms with Crippen LogP contribution in [-0.2, 0) is 0 Å². The molecule has 112 valence electrons. The van der Waals surface area contributed by atoms with Gasteiger partial charge < -0.3 is 4.42 Å². The molecule has 5 heteroatoms. The van der Waals surface area contributed by atoms with E-state index < -0.39 is 4.33 Å². The van der Waals surface area contributed by atoms with Crippen LogP contribution in [0.15, 0.2) is 64.2 Å². The number of fused-ring (bicyclic) bond motifs is 1. The van der Waals surface area contributed by atoms with Crippen LogP contribution >= 0.6 is 35.0 Å². The van der Waals surface area contributed by atoms with Gasteiger partial charge in [0.2, 0.25) is 0 Å². The second-order valence-electron chi connectivity index (χ2n) is 5.47. The molecule has 2 unspecified atom stereocenters. The number of thioether (sulfide) groups is 1. The normalized spacial score (nSPS) is 20.9. The van der Waals surface area contributed by atoms with Crippen LogP contribution in [0.2, 0.25) is 0 Å². The lowest BCUT2D eigenvalue weighted by Gasteiger charge is -2.15. The first-order chi connectivity index (χ1) is 10.6. The molecule has 2 aromatic carbocycles. The maximum Gasteiger partial charge on any atom is 0.257 e. The van der Waals surface area contributed by atoms with E-state index in [2.05, 4.69) is 17.1 Å². The molecule has 1 aliphatic carbocycles. The molecule has 0 saturated heterocycles. The van der Waals surface area contributed by atoms with Crippen LogP contribution in [0.3, 0.4) is 0 Å². The van der Waals surface area contributed by atoms with E-state index in [1.54, 1.807) is 11.8 Å². The van der Waals surface area contributed by atoms with Crippen molar-refractivity contribution in [2.45, 2.75) is 21.2 Å². The standard InChI is InChI=1S/C17H13Cl2NOS/c18-17(19)10-12(17)15(11-6-2-1-3-7-11)22-16-20-13-8-4-5-9-14(13)21-16/h1-9,12,15H,10H2. The van der Waals surface area contributed by atoms with Crippen molar-refractivity contribution >= 4 is 46.1 Å². The second-order valence-corrected chi connectivity index (χ2v) is 8.10. The highest BCUT2D eigenvalue weighted by atomic mass is 35.5. The molecule has 4 rings (SSSR count). The molecule has 0 amide bonds. The topological polar surface area (TPSA) is 26.0 Å². The van der Waals surface area contributed by atoms with E-state index in [1.807, 2.05) is 42.5 Å². The third-order valence-electron chi connectivity index (χ3n) is 3.87. The molecular formula is C17H13Cl2NOS. The average Bonchev–Trinajstić information content (AvgIpc) is 2.96. The van der Waals surface area contributed by atoms with Gasteiger partial charge in [-0.05, 0) is 24.1 Å². The Kier molecular flexibility index (Phi) is 3.60. The summed E-state index contributed by atoms with van der Waals surface area (Å²) < 4.78 is 5.19. The maximum absolute atomic E-state index is 6.30. The van der Waals surface area contributed by atoms with Crippen molar-refractivity contribution in [2.75, 3.05) is 0 Å². The molecule has 22 heavy (non-hydrogen) atoms. The lowest BCUT2D eigenvalue weighted by Crippen LogP contribution is -2.02. The van der Waals surface area contributed by atoms with E-state index in [0.29, 0.717) is 5.22 Å². The van der Waals surface area contributed by atoms with Crippen LogP contribution in [0.25, 0.3) is 11.1 Å². The molecule has 0 bridgehead atoms. The molecule has 1 aliphatic rings. The molecule has 2 atom stereocenters. The molecule has 3 aromatic rings. The highest BCUT2D eigenvalue weighted by molar-refractivity contribution is 7.99. The zero-order chi connectivity index (χ0) is 15.2. The Balaban J connectivity index is 1.66. The number of benzene rings is 2. The van der Waals surface area contributed by atoms with Crippen LogP contribution in [0.4, 0.5) is 0 Å². The Hall–Kier alpha value is -1.16. The Morgan fingerprint density at radius 3 is 2.45 bits per heavy atom. The zero-order valence-electron chi connectivity index (χ0n) is 11.6. The van der Waals surface area contributed by atoms with Gasteiger partial charge in [0.1, 0.15) is 9.85 Å². The van der Waals surface area contributed by atoms with Gasteiger partial charge in [-0.1, -0.05) is 54.2 Å². The van der Waals surface area contributed by atoms with E-state index in [1.165, 1.54) is 5.56 Å². The van der Waals surface area contributed by atoms with Gasteiger partial charge >= 0.3 is 0 Å². The van der Waals surface area contributed by atoms with Crippen LogP contribution in [0.1, 0.15) is 17.2 Å². The molecule has 1 saturated carbocycles. The summed E-state index contributed by atoms with van der Waals surface area (Å²) in [7, 11) is 0. The predicted molar refractivity (Wildman–Crippen MR) is 91.6 cm³/mol. The first-order valence-corrected chi connectivity index (χ1v) is 8.72. The summed E-state index contributed by atoms with van der Waals surface area (Å²) in [5.41, 5.74) is 2.87. The molecule has 0 radical (unpaired) electrons. The summed E-state index contributed by atoms with van der Waals surface area (Å²) in [5.74, 6) is 0.207. The molecule has 1 heterocycles. The smallest absolute Gasteiger partial charge is 0.257 e. The van der Waals surface area contributed by atoms with Crippen molar-refractivity contribution < 1.29 is 4.42 Å². The number of oxazole rings is 1. The third kappa shape index (κ3) is 2.73. The van der Waals surface area contributed by atoms with Crippen molar-refractivity contribution in [3.05, 3.63) is 60.2 Å². The minimum atomic E-state index is -0.639. The summed E-state index contributed by atoms with van der Waals surface area (Å²) in [4.78, 5) is 4.55. The van der Waals surface area contributed by atoms with Gasteiger partial charge in [-0.15, -0.1) is 23.2 Å². The third-order valence-corrected chi connectivity index (χ3v) is 5.97. The van der Waals surface area contributed by atoms with Crippen LogP contribution in [0.5, 0.6) is 0 Å². The van der Waals surface area contributed by atoms with Gasteiger partial charge in [0, 0.05) is 11.2 Å². The minimum absolute atomic E-state index is 0.143. The highest BCUT2D eigenvalue weighted by Crippen LogP contribution is 2.63. The molecule has 0 N–H and O–H groups in total. The lowest BCUT2D eigenvalue weighted by molar-refractivity contribution is 0.487. The molecule has 0 spiro atoms. The van der Waals surface area contributed by atoms with Crippen LogP contribution in [0, 0.1) is 5.92 Å². The second kappa shape index (κ2) is 5.48. The summed E-state index contributed by atoms with van der Waals surface area (Å²) in [6, 6.07) is 18.0. The first kappa shape index (κ1) is 14.4. The maximum atomic E-state index is 6.30. The number of aromatic nitrogens is 1. The van der Waals surface area contributed by atoms with Crippen molar-refractivity contribution in [2.24, 2.45) is 5.92 Å². The fourth-order valence-corrected chi connectivity index (χ4v) is 4.62. The number of hydrogen-bond acceptors (Lipinski definition) is 3. The highest BCUT2D eigenvalue weighted by Gasteiger charge is 2.56. The van der Waals surface area contributed by atoms with Crippen LogP contribution in [-0.4, -0.2) is 9.32 Å². The Labute approximate surface area is 142 Å². The number of halogens is 2. The Bertz CT molecular complexity index is 770. The van der Waals surface area contributed by atoms with Gasteiger partial charge in [-0.3, -0.25) is 0 Å². The fraction of sp³-hybridized carbons (Fsp3) is 0.235. The number of hydrogen-bond donors (Lipinski definition) is 0. The van der Waals surface area contributed by atoms with Gasteiger partial charge in [-0.2, -0.15) is 0 Å². The molecular weight excluding hydrogens is 337 g/mol. The van der Waals surface area contributed by atoms with E-state index in [4.69, 9.17) is 27.6 Å².